The highest BCUT2D eigenvalue weighted by molar-refractivity contribution is 5.88. The quantitative estimate of drug-likeness (QED) is 0.768. The number of ether oxygens (including phenoxy) is 1. The van der Waals surface area contributed by atoms with E-state index >= 15 is 0 Å². The highest BCUT2D eigenvalue weighted by Crippen LogP contribution is 2.50. The smallest absolute Gasteiger partial charge is 0.479 e. The highest BCUT2D eigenvalue weighted by Gasteiger charge is 2.65. The number of carbonyl (C=O) groups excluding carboxylic acids is 1. The molecule has 2 fully saturated rings. The maximum Gasteiger partial charge on any atom is 0.544 e. The van der Waals surface area contributed by atoms with Crippen LogP contribution in [-0.2, 0) is 16.0 Å². The van der Waals surface area contributed by atoms with Crippen molar-refractivity contribution in [2.75, 3.05) is 0 Å². The Labute approximate surface area is 162 Å². The van der Waals surface area contributed by atoms with Gasteiger partial charge in [0.2, 0.25) is 0 Å². The zero-order valence-electron chi connectivity index (χ0n) is 15.8. The van der Waals surface area contributed by atoms with Gasteiger partial charge in [-0.2, -0.15) is 4.79 Å². The molecule has 8 heteroatoms. The average molecular weight is 389 g/mol. The van der Waals surface area contributed by atoms with Gasteiger partial charge in [-0.3, -0.25) is 0 Å². The Hall–Kier alpha value is -2.61. The van der Waals surface area contributed by atoms with Crippen LogP contribution in [0.1, 0.15) is 44.6 Å². The van der Waals surface area contributed by atoms with Crippen molar-refractivity contribution in [2.45, 2.75) is 63.6 Å². The van der Waals surface area contributed by atoms with Crippen molar-refractivity contribution in [3.63, 3.8) is 0 Å². The maximum absolute atomic E-state index is 13.1. The van der Waals surface area contributed by atoms with Gasteiger partial charge in [-0.15, -0.1) is 5.01 Å². The molecule has 1 aromatic carbocycles. The first-order valence-electron chi connectivity index (χ1n) is 9.81. The van der Waals surface area contributed by atoms with Crippen molar-refractivity contribution >= 4 is 23.8 Å². The van der Waals surface area contributed by atoms with Gasteiger partial charge >= 0.3 is 18.2 Å². The molecule has 0 spiro atoms. The van der Waals surface area contributed by atoms with Crippen LogP contribution >= 0.6 is 0 Å². The van der Waals surface area contributed by atoms with Crippen molar-refractivity contribution in [3.05, 3.63) is 29.8 Å². The minimum atomic E-state index is -1.35. The second-order valence-corrected chi connectivity index (χ2v) is 8.00. The second kappa shape index (κ2) is 6.77. The number of carboxylic acids is 1. The molecule has 2 saturated carbocycles. The van der Waals surface area contributed by atoms with Gasteiger partial charge in [0.05, 0.1) is 6.04 Å². The number of para-hydroxylation sites is 1. The summed E-state index contributed by atoms with van der Waals surface area (Å²) in [6.07, 6.45) is 1.37. The van der Waals surface area contributed by atoms with Crippen LogP contribution in [0.2, 0.25) is 0 Å². The second-order valence-electron chi connectivity index (χ2n) is 8.00. The summed E-state index contributed by atoms with van der Waals surface area (Å²) in [7, 11) is 0. The Morgan fingerprint density at radius 2 is 1.86 bits per heavy atom. The topological polar surface area (TPSA) is 104 Å². The van der Waals surface area contributed by atoms with E-state index in [1.807, 2.05) is 12.1 Å². The predicted molar refractivity (Wildman–Crippen MR) is 99.5 cm³/mol. The third-order valence-corrected chi connectivity index (χ3v) is 6.28. The van der Waals surface area contributed by atoms with Gasteiger partial charge in [0, 0.05) is 24.0 Å². The van der Waals surface area contributed by atoms with Crippen molar-refractivity contribution in [3.8, 4) is 0 Å². The van der Waals surface area contributed by atoms with Crippen LogP contribution in [0.15, 0.2) is 24.3 Å². The molecule has 4 atom stereocenters. The van der Waals surface area contributed by atoms with Crippen LogP contribution in [0.4, 0.5) is 15.3 Å². The van der Waals surface area contributed by atoms with Crippen molar-refractivity contribution in [2.24, 2.45) is 5.92 Å². The summed E-state index contributed by atoms with van der Waals surface area (Å²) in [5.41, 5.74) is 1.52. The van der Waals surface area contributed by atoms with Crippen LogP contribution in [0.25, 0.3) is 0 Å². The first-order chi connectivity index (χ1) is 13.4. The van der Waals surface area contributed by atoms with Gasteiger partial charge in [0.25, 0.3) is 0 Å². The third-order valence-electron chi connectivity index (χ3n) is 6.28. The monoisotopic (exact) mass is 389 g/mol. The zero-order chi connectivity index (χ0) is 20.1. The number of nitrogens with zero attached hydrogens (tertiary/aromatic N) is 2. The van der Waals surface area contributed by atoms with E-state index in [1.165, 1.54) is 11.9 Å². The van der Waals surface area contributed by atoms with E-state index in [0.29, 0.717) is 24.9 Å². The number of quaternary nitrogens is 1. The Kier molecular flexibility index (Phi) is 4.53. The summed E-state index contributed by atoms with van der Waals surface area (Å²) < 4.78 is 4.58. The lowest BCUT2D eigenvalue weighted by Gasteiger charge is -2.48. The number of hydrogen-bond donors (Lipinski definition) is 2. The van der Waals surface area contributed by atoms with E-state index in [2.05, 4.69) is 0 Å². The molecule has 2 N–H and O–H groups in total. The number of rotatable bonds is 3. The van der Waals surface area contributed by atoms with Crippen molar-refractivity contribution in [1.29, 1.82) is 0 Å². The molecule has 1 aromatic rings. The summed E-state index contributed by atoms with van der Waals surface area (Å²) in [6.45, 7) is 1.28. The molecule has 1 heterocycles. The fourth-order valence-corrected chi connectivity index (χ4v) is 4.95. The average Bonchev–Trinajstić information content (AvgIpc) is 3.37. The largest absolute Gasteiger partial charge is 0.544 e. The number of amides is 2. The fourth-order valence-electron chi connectivity index (χ4n) is 4.95. The number of hydrogen-bond acceptors (Lipinski definition) is 4. The standard InChI is InChI=1S/C20H24N2O6/c1-12(18(23)24)28-19(25)21(15-9-10-15)22(20(26)27)16-7-3-2-5-13(16)11-14-6-4-8-17(14)22/h2-3,5,7,12,14-15,17H,4,6,8-11H2,1H3,(H-,23,24,26,27)/p+1/t12-,14+,17+,22?/m0/s1. The summed E-state index contributed by atoms with van der Waals surface area (Å²) in [6, 6.07) is 6.85. The number of fused-ring (bicyclic) bond motifs is 2. The molecular formula is C20H25N2O6+. The Morgan fingerprint density at radius 1 is 1.14 bits per heavy atom. The summed E-state index contributed by atoms with van der Waals surface area (Å²) in [4.78, 5) is 37.2. The first kappa shape index (κ1) is 18.7. The van der Waals surface area contributed by atoms with E-state index < -0.39 is 28.9 Å². The minimum Gasteiger partial charge on any atom is -0.479 e. The molecule has 2 aliphatic carbocycles. The minimum absolute atomic E-state index is 0.164. The highest BCUT2D eigenvalue weighted by atomic mass is 16.6. The lowest BCUT2D eigenvalue weighted by molar-refractivity contribution is -0.147. The van der Waals surface area contributed by atoms with Crippen LogP contribution in [0, 0.1) is 5.92 Å². The maximum atomic E-state index is 13.1. The molecule has 150 valence electrons. The summed E-state index contributed by atoms with van der Waals surface area (Å²) in [5.74, 6) is -1.10. The summed E-state index contributed by atoms with van der Waals surface area (Å²) in [5, 5.41) is 21.0. The van der Waals surface area contributed by atoms with Crippen LogP contribution < -0.4 is 4.59 Å². The molecule has 1 aliphatic heterocycles. The van der Waals surface area contributed by atoms with Gasteiger partial charge < -0.3 is 14.9 Å². The molecule has 0 saturated heterocycles. The Balaban J connectivity index is 1.86. The molecule has 28 heavy (non-hydrogen) atoms. The molecule has 1 unspecified atom stereocenters. The molecule has 2 amide bonds. The Morgan fingerprint density at radius 3 is 2.50 bits per heavy atom. The molecular weight excluding hydrogens is 364 g/mol. The zero-order valence-corrected chi connectivity index (χ0v) is 15.8. The molecule has 0 bridgehead atoms. The van der Waals surface area contributed by atoms with E-state index in [1.54, 1.807) is 12.1 Å². The molecule has 0 radical (unpaired) electrons. The van der Waals surface area contributed by atoms with Gasteiger partial charge in [-0.25, -0.2) is 9.59 Å². The lowest BCUT2D eigenvalue weighted by Crippen LogP contribution is -2.74. The SMILES string of the molecule is C[C@H](OC(=O)N(C1CC1)[N+]1(C(=O)O)c2ccccc2C[C@H]2CCC[C@H]21)C(=O)O. The summed E-state index contributed by atoms with van der Waals surface area (Å²) >= 11 is 0. The number of aliphatic carboxylic acids is 1. The van der Waals surface area contributed by atoms with Gasteiger partial charge in [0.15, 0.2) is 11.8 Å². The Bertz CT molecular complexity index is 823. The molecule has 4 rings (SSSR count). The van der Waals surface area contributed by atoms with E-state index in [0.717, 1.165) is 24.8 Å². The molecule has 3 aliphatic rings. The van der Waals surface area contributed by atoms with Crippen LogP contribution in [-0.4, -0.2) is 51.6 Å². The number of carboxylic acid groups (broad SMARTS) is 2. The molecule has 8 nitrogen and oxygen atoms in total. The van der Waals surface area contributed by atoms with Crippen molar-refractivity contribution in [1.82, 2.24) is 9.60 Å². The van der Waals surface area contributed by atoms with E-state index in [9.17, 15) is 19.5 Å². The normalized spacial score (nSPS) is 29.3. The van der Waals surface area contributed by atoms with E-state index in [4.69, 9.17) is 9.84 Å². The van der Waals surface area contributed by atoms with Gasteiger partial charge in [-0.1, -0.05) is 22.8 Å². The number of carbonyl (C=O) groups is 3. The van der Waals surface area contributed by atoms with E-state index in [-0.39, 0.29) is 18.0 Å². The third kappa shape index (κ3) is 2.74. The number of benzene rings is 1. The predicted octanol–water partition coefficient (Wildman–Crippen LogP) is 3.39. The van der Waals surface area contributed by atoms with Gasteiger partial charge in [-0.05, 0) is 39.0 Å². The van der Waals surface area contributed by atoms with Crippen LogP contribution in [0.5, 0.6) is 0 Å². The fraction of sp³-hybridized carbons (Fsp3) is 0.550. The lowest BCUT2D eigenvalue weighted by atomic mass is 9.86. The van der Waals surface area contributed by atoms with Crippen molar-refractivity contribution < 1.29 is 29.3 Å². The first-order valence-corrected chi connectivity index (χ1v) is 9.81. The van der Waals surface area contributed by atoms with Gasteiger partial charge in [0.1, 0.15) is 6.04 Å². The van der Waals surface area contributed by atoms with Crippen LogP contribution in [0.3, 0.4) is 0 Å². The molecule has 0 aromatic heterocycles.